The van der Waals surface area contributed by atoms with Crippen LogP contribution in [0.15, 0.2) is 54.6 Å². The standard InChI is InChI=1S/C26H24N2O7/c1-2-9-31-19-6-5-17(25(27)29)10-18(19)26(30)28-24(15-3-7-20-22(11-15)34-13-32-20)16-4-8-21-23(12-16)35-14-33-21/h3-8,10-12,24H,2,9,13-14H2,1H3,(H2,27,29)(H,28,30). The van der Waals surface area contributed by atoms with Gasteiger partial charge in [-0.15, -0.1) is 0 Å². The number of nitrogens with one attached hydrogen (secondary N) is 1. The Bertz CT molecular complexity index is 1230. The molecule has 0 radical (unpaired) electrons. The number of carbonyl (C=O) groups excluding carboxylic acids is 2. The number of rotatable bonds is 8. The van der Waals surface area contributed by atoms with Crippen molar-refractivity contribution in [3.05, 3.63) is 76.9 Å². The molecule has 3 aromatic carbocycles. The third kappa shape index (κ3) is 4.52. The Morgan fingerprint density at radius 1 is 0.886 bits per heavy atom. The number of primary amides is 1. The van der Waals surface area contributed by atoms with Gasteiger partial charge in [-0.1, -0.05) is 19.1 Å². The van der Waals surface area contributed by atoms with Gasteiger partial charge < -0.3 is 34.7 Å². The number of carbonyl (C=O) groups is 2. The van der Waals surface area contributed by atoms with Gasteiger partial charge in [-0.05, 0) is 60.0 Å². The first kappa shape index (κ1) is 22.4. The van der Waals surface area contributed by atoms with Crippen LogP contribution in [0.1, 0.15) is 51.2 Å². The van der Waals surface area contributed by atoms with Crippen molar-refractivity contribution in [3.63, 3.8) is 0 Å². The minimum atomic E-state index is -0.635. The molecule has 2 amide bonds. The van der Waals surface area contributed by atoms with Gasteiger partial charge in [0.25, 0.3) is 5.91 Å². The van der Waals surface area contributed by atoms with E-state index < -0.39 is 17.9 Å². The average molecular weight is 476 g/mol. The van der Waals surface area contributed by atoms with Crippen molar-refractivity contribution in [2.24, 2.45) is 5.73 Å². The van der Waals surface area contributed by atoms with E-state index in [9.17, 15) is 9.59 Å². The van der Waals surface area contributed by atoms with E-state index in [0.717, 1.165) is 17.5 Å². The second kappa shape index (κ2) is 9.46. The molecule has 5 rings (SSSR count). The number of amides is 2. The zero-order valence-electron chi connectivity index (χ0n) is 19.0. The summed E-state index contributed by atoms with van der Waals surface area (Å²) >= 11 is 0. The van der Waals surface area contributed by atoms with E-state index in [0.29, 0.717) is 35.4 Å². The molecular formula is C26H24N2O7. The molecule has 3 aromatic rings. The highest BCUT2D eigenvalue weighted by Crippen LogP contribution is 2.39. The normalized spacial score (nSPS) is 13.1. The lowest BCUT2D eigenvalue weighted by Gasteiger charge is -2.22. The fourth-order valence-electron chi connectivity index (χ4n) is 3.95. The van der Waals surface area contributed by atoms with Gasteiger partial charge in [0, 0.05) is 5.56 Å². The van der Waals surface area contributed by atoms with Crippen molar-refractivity contribution < 1.29 is 33.3 Å². The highest BCUT2D eigenvalue weighted by molar-refractivity contribution is 6.01. The Morgan fingerprint density at radius 2 is 1.49 bits per heavy atom. The smallest absolute Gasteiger partial charge is 0.255 e. The lowest BCUT2D eigenvalue weighted by Crippen LogP contribution is -2.30. The van der Waals surface area contributed by atoms with Gasteiger partial charge in [0.05, 0.1) is 18.2 Å². The summed E-state index contributed by atoms with van der Waals surface area (Å²) in [7, 11) is 0. The molecule has 0 bridgehead atoms. The lowest BCUT2D eigenvalue weighted by atomic mass is 9.97. The number of hydrogen-bond donors (Lipinski definition) is 2. The molecule has 3 N–H and O–H groups in total. The Morgan fingerprint density at radius 3 is 2.06 bits per heavy atom. The highest BCUT2D eigenvalue weighted by Gasteiger charge is 2.25. The van der Waals surface area contributed by atoms with Crippen molar-refractivity contribution >= 4 is 11.8 Å². The topological polar surface area (TPSA) is 118 Å². The molecule has 9 nitrogen and oxygen atoms in total. The molecule has 9 heteroatoms. The molecule has 35 heavy (non-hydrogen) atoms. The van der Waals surface area contributed by atoms with Crippen molar-refractivity contribution in [3.8, 4) is 28.7 Å². The Hall–Kier alpha value is -4.40. The Labute approximate surface area is 201 Å². The first-order valence-electron chi connectivity index (χ1n) is 11.2. The number of nitrogens with two attached hydrogens (primary N) is 1. The maximum Gasteiger partial charge on any atom is 0.255 e. The van der Waals surface area contributed by atoms with E-state index in [1.807, 2.05) is 31.2 Å². The van der Waals surface area contributed by atoms with Gasteiger partial charge in [0.15, 0.2) is 23.0 Å². The summed E-state index contributed by atoms with van der Waals surface area (Å²) in [5, 5.41) is 3.07. The van der Waals surface area contributed by atoms with Gasteiger partial charge >= 0.3 is 0 Å². The fourth-order valence-corrected chi connectivity index (χ4v) is 3.95. The van der Waals surface area contributed by atoms with E-state index in [4.69, 9.17) is 29.4 Å². The van der Waals surface area contributed by atoms with Crippen LogP contribution in [0, 0.1) is 0 Å². The number of fused-ring (bicyclic) bond motifs is 2. The molecule has 180 valence electrons. The van der Waals surface area contributed by atoms with Gasteiger partial charge in [-0.25, -0.2) is 0 Å². The van der Waals surface area contributed by atoms with Crippen LogP contribution in [0.25, 0.3) is 0 Å². The fraction of sp³-hybridized carbons (Fsp3) is 0.231. The summed E-state index contributed by atoms with van der Waals surface area (Å²) in [4.78, 5) is 25.4. The summed E-state index contributed by atoms with van der Waals surface area (Å²) < 4.78 is 27.7. The van der Waals surface area contributed by atoms with Gasteiger partial charge in [0.2, 0.25) is 19.5 Å². The number of hydrogen-bond acceptors (Lipinski definition) is 7. The number of benzene rings is 3. The summed E-state index contributed by atoms with van der Waals surface area (Å²) in [5.41, 5.74) is 7.41. The van der Waals surface area contributed by atoms with E-state index in [1.54, 1.807) is 18.2 Å². The highest BCUT2D eigenvalue weighted by atomic mass is 16.7. The first-order chi connectivity index (χ1) is 17.0. The molecule has 0 aromatic heterocycles. The minimum Gasteiger partial charge on any atom is -0.493 e. The van der Waals surface area contributed by atoms with Crippen LogP contribution < -0.4 is 34.7 Å². The van der Waals surface area contributed by atoms with Crippen molar-refractivity contribution in [1.82, 2.24) is 5.32 Å². The molecule has 0 spiro atoms. The second-order valence-corrected chi connectivity index (χ2v) is 8.06. The monoisotopic (exact) mass is 476 g/mol. The Balaban J connectivity index is 1.53. The number of ether oxygens (including phenoxy) is 5. The average Bonchev–Trinajstić information content (AvgIpc) is 3.54. The molecular weight excluding hydrogens is 452 g/mol. The van der Waals surface area contributed by atoms with Crippen LogP contribution in [0.2, 0.25) is 0 Å². The van der Waals surface area contributed by atoms with Crippen LogP contribution in [0.5, 0.6) is 28.7 Å². The molecule has 2 heterocycles. The molecule has 0 saturated heterocycles. The van der Waals surface area contributed by atoms with E-state index >= 15 is 0 Å². The maximum absolute atomic E-state index is 13.6. The second-order valence-electron chi connectivity index (χ2n) is 8.06. The third-order valence-electron chi connectivity index (χ3n) is 5.71. The molecule has 0 atom stereocenters. The minimum absolute atomic E-state index is 0.137. The summed E-state index contributed by atoms with van der Waals surface area (Å²) in [6, 6.07) is 15.0. The van der Waals surface area contributed by atoms with Crippen LogP contribution in [0.3, 0.4) is 0 Å². The summed E-state index contributed by atoms with van der Waals surface area (Å²) in [6.45, 7) is 2.66. The Kier molecular flexibility index (Phi) is 6.05. The van der Waals surface area contributed by atoms with Crippen molar-refractivity contribution in [2.45, 2.75) is 19.4 Å². The largest absolute Gasteiger partial charge is 0.493 e. The van der Waals surface area contributed by atoms with E-state index in [1.165, 1.54) is 12.1 Å². The molecule has 2 aliphatic heterocycles. The van der Waals surface area contributed by atoms with Crippen molar-refractivity contribution in [1.29, 1.82) is 0 Å². The van der Waals surface area contributed by atoms with Gasteiger partial charge in [-0.2, -0.15) is 0 Å². The van der Waals surface area contributed by atoms with E-state index in [-0.39, 0.29) is 24.7 Å². The van der Waals surface area contributed by atoms with Gasteiger partial charge in [0.1, 0.15) is 5.75 Å². The SMILES string of the molecule is CCCOc1ccc(C(N)=O)cc1C(=O)NC(c1ccc2c(c1)OCO2)c1ccc2c(c1)OCO2. The molecule has 0 saturated carbocycles. The van der Waals surface area contributed by atoms with Crippen LogP contribution in [-0.4, -0.2) is 32.0 Å². The molecule has 0 fully saturated rings. The quantitative estimate of drug-likeness (QED) is 0.510. The predicted molar refractivity (Wildman–Crippen MR) is 125 cm³/mol. The zero-order chi connectivity index (χ0) is 24.4. The van der Waals surface area contributed by atoms with Crippen LogP contribution >= 0.6 is 0 Å². The summed E-state index contributed by atoms with van der Waals surface area (Å²) in [6.07, 6.45) is 0.760. The maximum atomic E-state index is 13.6. The van der Waals surface area contributed by atoms with Crippen LogP contribution in [0.4, 0.5) is 0 Å². The molecule has 0 aliphatic carbocycles. The van der Waals surface area contributed by atoms with Gasteiger partial charge in [-0.3, -0.25) is 9.59 Å². The summed E-state index contributed by atoms with van der Waals surface area (Å²) in [5.74, 6) is 1.74. The molecule has 0 unspecified atom stereocenters. The van der Waals surface area contributed by atoms with Crippen LogP contribution in [-0.2, 0) is 0 Å². The third-order valence-corrected chi connectivity index (χ3v) is 5.71. The zero-order valence-corrected chi connectivity index (χ0v) is 19.0. The lowest BCUT2D eigenvalue weighted by molar-refractivity contribution is 0.0938. The van der Waals surface area contributed by atoms with Crippen molar-refractivity contribution in [2.75, 3.05) is 20.2 Å². The first-order valence-corrected chi connectivity index (χ1v) is 11.2. The predicted octanol–water partition coefficient (Wildman–Crippen LogP) is 3.55. The van der Waals surface area contributed by atoms with E-state index in [2.05, 4.69) is 5.32 Å². The molecule has 2 aliphatic rings.